The fraction of sp³-hybridized carbons (Fsp3) is 0.346. The third-order valence-corrected chi connectivity index (χ3v) is 6.41. The number of nitrogens with zero attached hydrogens (tertiary/aromatic N) is 4. The molecule has 1 amide bonds. The molecule has 2 atom stereocenters. The van der Waals surface area contributed by atoms with Gasteiger partial charge in [-0.25, -0.2) is 18.2 Å². The van der Waals surface area contributed by atoms with Crippen LogP contribution in [0.1, 0.15) is 23.2 Å². The van der Waals surface area contributed by atoms with Gasteiger partial charge in [0, 0.05) is 30.5 Å². The predicted octanol–water partition coefficient (Wildman–Crippen LogP) is 4.38. The second kappa shape index (κ2) is 10.7. The second-order valence-corrected chi connectivity index (χ2v) is 8.84. The summed E-state index contributed by atoms with van der Waals surface area (Å²) in [7, 11) is 2.62. The van der Waals surface area contributed by atoms with E-state index in [-0.39, 0.29) is 23.2 Å². The number of nitrogens with one attached hydrogen (secondary N) is 1. The zero-order valence-electron chi connectivity index (χ0n) is 20.7. The lowest BCUT2D eigenvalue weighted by Crippen LogP contribution is -2.36. The quantitative estimate of drug-likeness (QED) is 0.324. The minimum absolute atomic E-state index is 0.0236. The molecule has 38 heavy (non-hydrogen) atoms. The second-order valence-electron chi connectivity index (χ2n) is 8.84. The highest BCUT2D eigenvalue weighted by Gasteiger charge is 2.27. The Kier molecular flexibility index (Phi) is 7.23. The molecule has 5 rings (SSSR count). The molecule has 1 aliphatic rings. The van der Waals surface area contributed by atoms with Crippen molar-refractivity contribution >= 4 is 16.9 Å². The van der Waals surface area contributed by atoms with Gasteiger partial charge in [-0.2, -0.15) is 5.10 Å². The lowest BCUT2D eigenvalue weighted by molar-refractivity contribution is 0.0285. The summed E-state index contributed by atoms with van der Waals surface area (Å²) in [5.41, 5.74) is 3.72. The predicted molar refractivity (Wildman–Crippen MR) is 133 cm³/mol. The van der Waals surface area contributed by atoms with Gasteiger partial charge < -0.3 is 19.5 Å². The summed E-state index contributed by atoms with van der Waals surface area (Å²) in [6, 6.07) is 8.86. The number of alkyl halides is 3. The van der Waals surface area contributed by atoms with Crippen LogP contribution >= 0.6 is 0 Å². The van der Waals surface area contributed by atoms with Gasteiger partial charge in [0.25, 0.3) is 12.3 Å². The number of hydrogen-bond donors (Lipinski definition) is 1. The van der Waals surface area contributed by atoms with Crippen LogP contribution in [0.4, 0.5) is 13.2 Å². The number of amides is 1. The Hall–Kier alpha value is -4.06. The van der Waals surface area contributed by atoms with Gasteiger partial charge in [-0.3, -0.25) is 14.0 Å². The van der Waals surface area contributed by atoms with Crippen LogP contribution in [0.5, 0.6) is 11.5 Å². The van der Waals surface area contributed by atoms with Crippen LogP contribution < -0.4 is 14.8 Å². The van der Waals surface area contributed by atoms with Gasteiger partial charge in [-0.15, -0.1) is 0 Å². The SMILES string of the molecule is COc1cc(-n2cnc3cc(-c4cnn(CC5CCCO5)c4)ccc32)cc(OC)c1C(=O)NC(F)C(F)F. The van der Waals surface area contributed by atoms with E-state index in [0.717, 1.165) is 36.1 Å². The van der Waals surface area contributed by atoms with E-state index in [4.69, 9.17) is 14.2 Å². The number of aromatic nitrogens is 4. The van der Waals surface area contributed by atoms with E-state index in [2.05, 4.69) is 10.1 Å². The molecule has 2 aromatic carbocycles. The summed E-state index contributed by atoms with van der Waals surface area (Å²) in [6.45, 7) is 1.51. The summed E-state index contributed by atoms with van der Waals surface area (Å²) in [5.74, 6) is -1.04. The molecule has 12 heteroatoms. The topological polar surface area (TPSA) is 92.4 Å². The number of carbonyl (C=O) groups excluding carboxylic acids is 1. The van der Waals surface area contributed by atoms with Crippen molar-refractivity contribution in [1.82, 2.24) is 24.6 Å². The maximum absolute atomic E-state index is 13.5. The third kappa shape index (κ3) is 5.03. The molecule has 9 nitrogen and oxygen atoms in total. The molecule has 2 unspecified atom stereocenters. The van der Waals surface area contributed by atoms with Gasteiger partial charge in [0.05, 0.1) is 49.8 Å². The molecule has 0 bridgehead atoms. The number of hydrogen-bond acceptors (Lipinski definition) is 6. The summed E-state index contributed by atoms with van der Waals surface area (Å²) in [4.78, 5) is 17.0. The van der Waals surface area contributed by atoms with Crippen LogP contribution in [0.3, 0.4) is 0 Å². The molecule has 0 spiro atoms. The Morgan fingerprint density at radius 2 is 1.92 bits per heavy atom. The van der Waals surface area contributed by atoms with Crippen molar-refractivity contribution < 1.29 is 32.2 Å². The molecule has 2 aromatic heterocycles. The molecular weight excluding hydrogens is 503 g/mol. The monoisotopic (exact) mass is 529 g/mol. The number of methoxy groups -OCH3 is 2. The van der Waals surface area contributed by atoms with E-state index >= 15 is 0 Å². The maximum atomic E-state index is 13.5. The first-order valence-electron chi connectivity index (χ1n) is 12.0. The number of fused-ring (bicyclic) bond motifs is 1. The zero-order chi connectivity index (χ0) is 26.8. The van der Waals surface area contributed by atoms with Crippen LogP contribution in [0.25, 0.3) is 27.8 Å². The Morgan fingerprint density at radius 1 is 1.16 bits per heavy atom. The first-order chi connectivity index (χ1) is 18.4. The third-order valence-electron chi connectivity index (χ3n) is 6.41. The van der Waals surface area contributed by atoms with Gasteiger partial charge in [0.2, 0.25) is 6.30 Å². The molecule has 3 heterocycles. The number of benzene rings is 2. The Morgan fingerprint density at radius 3 is 2.58 bits per heavy atom. The Bertz CT molecular complexity index is 1420. The highest BCUT2D eigenvalue weighted by molar-refractivity contribution is 6.00. The van der Waals surface area contributed by atoms with Crippen LogP contribution in [-0.2, 0) is 11.3 Å². The van der Waals surface area contributed by atoms with Crippen molar-refractivity contribution in [2.75, 3.05) is 20.8 Å². The number of ether oxygens (including phenoxy) is 3. The first-order valence-corrected chi connectivity index (χ1v) is 12.0. The molecule has 0 saturated carbocycles. The summed E-state index contributed by atoms with van der Waals surface area (Å²) in [5, 5.41) is 6.09. The molecule has 0 radical (unpaired) electrons. The lowest BCUT2D eigenvalue weighted by atomic mass is 10.1. The lowest BCUT2D eigenvalue weighted by Gasteiger charge is -2.17. The number of halogens is 3. The van der Waals surface area contributed by atoms with Gasteiger partial charge in [0.1, 0.15) is 23.4 Å². The van der Waals surface area contributed by atoms with Crippen LogP contribution in [-0.4, -0.2) is 64.9 Å². The number of carbonyl (C=O) groups is 1. The van der Waals surface area contributed by atoms with Crippen LogP contribution in [0.15, 0.2) is 49.1 Å². The van der Waals surface area contributed by atoms with Gasteiger partial charge in [-0.1, -0.05) is 6.07 Å². The highest BCUT2D eigenvalue weighted by atomic mass is 19.3. The van der Waals surface area contributed by atoms with Crippen molar-refractivity contribution in [2.45, 2.75) is 38.2 Å². The molecule has 1 saturated heterocycles. The zero-order valence-corrected chi connectivity index (χ0v) is 20.7. The standard InChI is InChI=1S/C26H26F3N5O4/c1-36-21-9-17(10-22(37-2)23(21)26(35)32-25(29)24(27)28)34-14-30-19-8-15(5-6-20(19)34)16-11-31-33(12-16)13-18-4-3-7-38-18/h5-6,8-12,14,18,24-25H,3-4,7,13H2,1-2H3,(H,32,35). The average Bonchev–Trinajstić information content (AvgIpc) is 3.69. The van der Waals surface area contributed by atoms with Gasteiger partial charge in [0.15, 0.2) is 0 Å². The number of imidazole rings is 1. The molecule has 1 N–H and O–H groups in total. The highest BCUT2D eigenvalue weighted by Crippen LogP contribution is 2.34. The number of rotatable bonds is 9. The van der Waals surface area contributed by atoms with Gasteiger partial charge in [-0.05, 0) is 30.5 Å². The molecular formula is C26H26F3N5O4. The molecule has 1 aliphatic heterocycles. The van der Waals surface area contributed by atoms with E-state index in [0.29, 0.717) is 17.7 Å². The smallest absolute Gasteiger partial charge is 0.287 e. The average molecular weight is 530 g/mol. The minimum atomic E-state index is -3.37. The van der Waals surface area contributed by atoms with E-state index in [1.807, 2.05) is 35.3 Å². The Balaban J connectivity index is 1.44. The van der Waals surface area contributed by atoms with Crippen molar-refractivity contribution in [1.29, 1.82) is 0 Å². The van der Waals surface area contributed by atoms with Crippen molar-refractivity contribution in [3.8, 4) is 28.3 Å². The summed E-state index contributed by atoms with van der Waals surface area (Å²) >= 11 is 0. The van der Waals surface area contributed by atoms with E-state index in [9.17, 15) is 18.0 Å². The first kappa shape index (κ1) is 25.6. The van der Waals surface area contributed by atoms with Gasteiger partial charge >= 0.3 is 0 Å². The van der Waals surface area contributed by atoms with E-state index in [1.165, 1.54) is 26.4 Å². The maximum Gasteiger partial charge on any atom is 0.287 e. The van der Waals surface area contributed by atoms with E-state index in [1.54, 1.807) is 16.2 Å². The normalized spacial score (nSPS) is 16.2. The van der Waals surface area contributed by atoms with Crippen LogP contribution in [0.2, 0.25) is 0 Å². The van der Waals surface area contributed by atoms with Crippen molar-refractivity contribution in [3.05, 3.63) is 54.6 Å². The molecule has 0 aliphatic carbocycles. The molecule has 4 aromatic rings. The van der Waals surface area contributed by atoms with Crippen molar-refractivity contribution in [2.24, 2.45) is 0 Å². The molecule has 200 valence electrons. The fourth-order valence-electron chi connectivity index (χ4n) is 4.53. The molecule has 1 fully saturated rings. The summed E-state index contributed by atoms with van der Waals surface area (Å²) < 4.78 is 58.7. The fourth-order valence-corrected chi connectivity index (χ4v) is 4.53. The largest absolute Gasteiger partial charge is 0.496 e. The van der Waals surface area contributed by atoms with Crippen LogP contribution in [0, 0.1) is 0 Å². The minimum Gasteiger partial charge on any atom is -0.496 e. The van der Waals surface area contributed by atoms with E-state index < -0.39 is 18.6 Å². The van der Waals surface area contributed by atoms with Crippen molar-refractivity contribution in [3.63, 3.8) is 0 Å². The summed E-state index contributed by atoms with van der Waals surface area (Å²) in [6.07, 6.45) is 1.50. The Labute approximate surface area is 216 Å².